The van der Waals surface area contributed by atoms with Gasteiger partial charge in [-0.3, -0.25) is 4.79 Å². The van der Waals surface area contributed by atoms with Gasteiger partial charge in [-0.15, -0.1) is 0 Å². The zero-order valence-electron chi connectivity index (χ0n) is 11.9. The smallest absolute Gasteiger partial charge is 0.262 e. The number of nitrogens with one attached hydrogen (secondary N) is 1. The van der Waals surface area contributed by atoms with Crippen molar-refractivity contribution in [1.29, 1.82) is 5.26 Å². The van der Waals surface area contributed by atoms with E-state index in [9.17, 15) is 4.79 Å². The average molecular weight is 268 g/mol. The maximum absolute atomic E-state index is 12.1. The molecular formula is C17H20N2O. The number of hydrogen-bond acceptors (Lipinski definition) is 2. The summed E-state index contributed by atoms with van der Waals surface area (Å²) >= 11 is 0. The predicted octanol–water partition coefficient (Wildman–Crippen LogP) is 3.35. The lowest BCUT2D eigenvalue weighted by Gasteiger charge is -2.22. The molecule has 1 aromatic rings. The van der Waals surface area contributed by atoms with E-state index in [1.165, 1.54) is 6.42 Å². The number of rotatable bonds is 3. The maximum Gasteiger partial charge on any atom is 0.262 e. The first kappa shape index (κ1) is 14.3. The van der Waals surface area contributed by atoms with E-state index in [2.05, 4.69) is 5.32 Å². The molecule has 0 spiro atoms. The topological polar surface area (TPSA) is 52.9 Å². The van der Waals surface area contributed by atoms with E-state index in [0.717, 1.165) is 36.8 Å². The first-order valence-corrected chi connectivity index (χ1v) is 7.18. The van der Waals surface area contributed by atoms with Gasteiger partial charge in [0.25, 0.3) is 5.91 Å². The average Bonchev–Trinajstić information content (AvgIpc) is 2.47. The fourth-order valence-electron chi connectivity index (χ4n) is 2.49. The van der Waals surface area contributed by atoms with E-state index in [-0.39, 0.29) is 17.5 Å². The standard InChI is InChI=1S/C17H20N2O/c1-13-7-9-14(10-8-13)11-15(12-18)17(20)19-16-5-3-2-4-6-16/h7-11,16H,2-6H2,1H3,(H,19,20)/b15-11+. The molecule has 2 rings (SSSR count). The monoisotopic (exact) mass is 268 g/mol. The normalized spacial score (nSPS) is 16.5. The van der Waals surface area contributed by atoms with Crippen LogP contribution in [-0.2, 0) is 4.79 Å². The van der Waals surface area contributed by atoms with Crippen LogP contribution in [0.4, 0.5) is 0 Å². The third kappa shape index (κ3) is 3.96. The van der Waals surface area contributed by atoms with Crippen molar-refractivity contribution in [1.82, 2.24) is 5.32 Å². The largest absolute Gasteiger partial charge is 0.349 e. The molecule has 104 valence electrons. The van der Waals surface area contributed by atoms with Gasteiger partial charge in [-0.2, -0.15) is 5.26 Å². The molecule has 1 saturated carbocycles. The van der Waals surface area contributed by atoms with Crippen LogP contribution in [0.3, 0.4) is 0 Å². The Hall–Kier alpha value is -2.08. The molecule has 0 radical (unpaired) electrons. The molecular weight excluding hydrogens is 248 g/mol. The highest BCUT2D eigenvalue weighted by molar-refractivity contribution is 6.01. The number of aryl methyl sites for hydroxylation is 1. The fourth-order valence-corrected chi connectivity index (χ4v) is 2.49. The quantitative estimate of drug-likeness (QED) is 0.675. The van der Waals surface area contributed by atoms with Gasteiger partial charge in [0.15, 0.2) is 0 Å². The van der Waals surface area contributed by atoms with Gasteiger partial charge in [-0.25, -0.2) is 0 Å². The molecule has 0 aliphatic heterocycles. The Labute approximate surface area is 120 Å². The van der Waals surface area contributed by atoms with E-state index in [1.54, 1.807) is 6.08 Å². The molecule has 20 heavy (non-hydrogen) atoms. The molecule has 0 heterocycles. The van der Waals surface area contributed by atoms with Crippen molar-refractivity contribution in [3.05, 3.63) is 41.0 Å². The summed E-state index contributed by atoms with van der Waals surface area (Å²) in [7, 11) is 0. The van der Waals surface area contributed by atoms with Gasteiger partial charge in [0.05, 0.1) is 0 Å². The van der Waals surface area contributed by atoms with Crippen molar-refractivity contribution in [3.8, 4) is 6.07 Å². The van der Waals surface area contributed by atoms with E-state index < -0.39 is 0 Å². The number of nitrogens with zero attached hydrogens (tertiary/aromatic N) is 1. The number of carbonyl (C=O) groups excluding carboxylic acids is 1. The Morgan fingerprint density at radius 2 is 1.90 bits per heavy atom. The van der Waals surface area contributed by atoms with E-state index >= 15 is 0 Å². The van der Waals surface area contributed by atoms with Crippen LogP contribution in [0.15, 0.2) is 29.8 Å². The van der Waals surface area contributed by atoms with E-state index in [0.29, 0.717) is 0 Å². The van der Waals surface area contributed by atoms with E-state index in [4.69, 9.17) is 5.26 Å². The number of carbonyl (C=O) groups is 1. The van der Waals surface area contributed by atoms with Gasteiger partial charge in [-0.05, 0) is 31.4 Å². The summed E-state index contributed by atoms with van der Waals surface area (Å²) < 4.78 is 0. The minimum atomic E-state index is -0.250. The fraction of sp³-hybridized carbons (Fsp3) is 0.412. The summed E-state index contributed by atoms with van der Waals surface area (Å²) in [4.78, 5) is 12.1. The molecule has 0 atom stereocenters. The molecule has 1 fully saturated rings. The van der Waals surface area contributed by atoms with Gasteiger partial charge in [-0.1, -0.05) is 49.1 Å². The summed E-state index contributed by atoms with van der Waals surface area (Å²) in [5.74, 6) is -0.250. The van der Waals surface area contributed by atoms with Crippen LogP contribution < -0.4 is 5.32 Å². The van der Waals surface area contributed by atoms with Crippen molar-refractivity contribution in [3.63, 3.8) is 0 Å². The first-order chi connectivity index (χ1) is 9.69. The molecule has 1 amide bonds. The van der Waals surface area contributed by atoms with Crippen LogP contribution in [0.25, 0.3) is 6.08 Å². The number of amides is 1. The highest BCUT2D eigenvalue weighted by Crippen LogP contribution is 2.18. The van der Waals surface area contributed by atoms with Gasteiger partial charge < -0.3 is 5.32 Å². The SMILES string of the molecule is Cc1ccc(/C=C(\C#N)C(=O)NC2CCCCC2)cc1. The second-order valence-corrected chi connectivity index (χ2v) is 5.39. The minimum absolute atomic E-state index is 0.180. The Balaban J connectivity index is 2.05. The molecule has 1 N–H and O–H groups in total. The zero-order chi connectivity index (χ0) is 14.4. The predicted molar refractivity (Wildman–Crippen MR) is 79.8 cm³/mol. The molecule has 0 unspecified atom stereocenters. The summed E-state index contributed by atoms with van der Waals surface area (Å²) in [6, 6.07) is 10.0. The minimum Gasteiger partial charge on any atom is -0.349 e. The highest BCUT2D eigenvalue weighted by atomic mass is 16.1. The Morgan fingerprint density at radius 3 is 2.50 bits per heavy atom. The second kappa shape index (κ2) is 6.91. The number of hydrogen-bond donors (Lipinski definition) is 1. The van der Waals surface area contributed by atoms with Crippen LogP contribution in [0.1, 0.15) is 43.2 Å². The molecule has 3 nitrogen and oxygen atoms in total. The summed E-state index contributed by atoms with van der Waals surface area (Å²) in [6.45, 7) is 2.01. The van der Waals surface area contributed by atoms with Crippen LogP contribution >= 0.6 is 0 Å². The second-order valence-electron chi connectivity index (χ2n) is 5.39. The van der Waals surface area contributed by atoms with Crippen LogP contribution in [0, 0.1) is 18.3 Å². The third-order valence-corrected chi connectivity index (χ3v) is 3.69. The molecule has 0 aromatic heterocycles. The van der Waals surface area contributed by atoms with Crippen LogP contribution in [0.5, 0.6) is 0 Å². The van der Waals surface area contributed by atoms with Crippen molar-refractivity contribution < 1.29 is 4.79 Å². The zero-order valence-corrected chi connectivity index (χ0v) is 11.9. The molecule has 3 heteroatoms. The molecule has 1 aliphatic carbocycles. The van der Waals surface area contributed by atoms with Gasteiger partial charge in [0.1, 0.15) is 11.6 Å². The highest BCUT2D eigenvalue weighted by Gasteiger charge is 2.17. The lowest BCUT2D eigenvalue weighted by atomic mass is 9.95. The Bertz CT molecular complexity index is 531. The molecule has 1 aliphatic rings. The van der Waals surface area contributed by atoms with E-state index in [1.807, 2.05) is 37.3 Å². The van der Waals surface area contributed by atoms with Crippen molar-refractivity contribution in [2.75, 3.05) is 0 Å². The lowest BCUT2D eigenvalue weighted by Crippen LogP contribution is -2.36. The molecule has 0 bridgehead atoms. The lowest BCUT2D eigenvalue weighted by molar-refractivity contribution is -0.117. The van der Waals surface area contributed by atoms with Crippen molar-refractivity contribution in [2.24, 2.45) is 0 Å². The molecule has 0 saturated heterocycles. The summed E-state index contributed by atoms with van der Waals surface area (Å²) in [6.07, 6.45) is 7.27. The summed E-state index contributed by atoms with van der Waals surface area (Å²) in [5, 5.41) is 12.1. The van der Waals surface area contributed by atoms with Crippen LogP contribution in [0.2, 0.25) is 0 Å². The van der Waals surface area contributed by atoms with Crippen LogP contribution in [-0.4, -0.2) is 11.9 Å². The Morgan fingerprint density at radius 1 is 1.25 bits per heavy atom. The Kier molecular flexibility index (Phi) is 4.95. The summed E-state index contributed by atoms with van der Waals surface area (Å²) in [5.41, 5.74) is 2.22. The van der Waals surface area contributed by atoms with Gasteiger partial charge in [0.2, 0.25) is 0 Å². The number of benzene rings is 1. The van der Waals surface area contributed by atoms with Gasteiger partial charge >= 0.3 is 0 Å². The maximum atomic E-state index is 12.1. The molecule has 1 aromatic carbocycles. The first-order valence-electron chi connectivity index (χ1n) is 7.18. The van der Waals surface area contributed by atoms with Crippen molar-refractivity contribution in [2.45, 2.75) is 45.1 Å². The van der Waals surface area contributed by atoms with Crippen molar-refractivity contribution >= 4 is 12.0 Å². The van der Waals surface area contributed by atoms with Gasteiger partial charge in [0, 0.05) is 6.04 Å². The third-order valence-electron chi connectivity index (χ3n) is 3.69. The number of nitriles is 1.